The molecule has 0 aromatic heterocycles. The zero-order valence-electron chi connectivity index (χ0n) is 28.1. The molecule has 45 heavy (non-hydrogen) atoms. The number of hydrogen-bond acceptors (Lipinski definition) is 7. The monoisotopic (exact) mass is 629 g/mol. The van der Waals surface area contributed by atoms with Crippen LogP contribution in [0.5, 0.6) is 0 Å². The molecule has 2 saturated heterocycles. The van der Waals surface area contributed by atoms with Gasteiger partial charge < -0.3 is 29.7 Å². The number of aliphatic hydroxyl groups is 3. The molecule has 1 saturated carbocycles. The van der Waals surface area contributed by atoms with Crippen molar-refractivity contribution >= 4 is 11.9 Å². The van der Waals surface area contributed by atoms with Crippen molar-refractivity contribution < 1.29 is 34.4 Å². The van der Waals surface area contributed by atoms with Crippen LogP contribution in [0.4, 0.5) is 0 Å². The van der Waals surface area contributed by atoms with Gasteiger partial charge in [-0.1, -0.05) is 51.2 Å². The lowest BCUT2D eigenvalue weighted by Crippen LogP contribution is -2.54. The number of rotatable bonds is 3. The summed E-state index contributed by atoms with van der Waals surface area (Å²) in [4.78, 5) is 29.3. The fourth-order valence-corrected chi connectivity index (χ4v) is 7.64. The molecule has 4 aliphatic rings. The first kappa shape index (κ1) is 35.8. The van der Waals surface area contributed by atoms with Gasteiger partial charge in [0.05, 0.1) is 24.7 Å². The lowest BCUT2D eigenvalue weighted by molar-refractivity contribution is -0.283. The van der Waals surface area contributed by atoms with Gasteiger partial charge in [0.1, 0.15) is 12.1 Å². The standard InChI is InChI=1S/C37H59NO7/c1-25-10-6-5-7-11-26(2)33(40)23-31-19-14-28(4)37(43,45-31)24-35(41)38-21-9-8-12-32(38)36(42)44-34(20-13-25)27(3)22-29-15-17-30(39)18-16-29/h5-7,10-11,25,27-34,39-40,43H,8-9,12-24H2,1-4H3/b7-5+,10-6+,26-11+/t25-,27-,28-,29-,30-,31+,32+,33+,34?,37+/m1/s1. The van der Waals surface area contributed by atoms with E-state index >= 15 is 0 Å². The first-order valence-electron chi connectivity index (χ1n) is 17.7. The maximum atomic E-state index is 13.9. The number of allylic oxidation sites excluding steroid dienone is 5. The molecule has 8 heteroatoms. The molecule has 3 heterocycles. The maximum Gasteiger partial charge on any atom is 0.329 e. The SMILES string of the molecule is C\C1=C/C=C/C=C/[C@@H](C)CCC([C@H](C)C[C@H]2CC[C@H](O)CC2)OC(=O)[C@@H]2CCCCN2C(=O)C[C@]2(O)O[C@@H](CC[C@H]2C)C[C@@H]1O. The molecule has 1 amide bonds. The molecule has 3 fully saturated rings. The van der Waals surface area contributed by atoms with E-state index in [2.05, 4.69) is 19.9 Å². The molecule has 0 radical (unpaired) electrons. The number of hydrogen-bond donors (Lipinski definition) is 3. The summed E-state index contributed by atoms with van der Waals surface area (Å²) in [5.41, 5.74) is 0.816. The third-order valence-corrected chi connectivity index (χ3v) is 10.9. The van der Waals surface area contributed by atoms with E-state index in [9.17, 15) is 24.9 Å². The summed E-state index contributed by atoms with van der Waals surface area (Å²) in [6.07, 6.45) is 18.3. The van der Waals surface area contributed by atoms with Gasteiger partial charge in [0, 0.05) is 18.9 Å². The summed E-state index contributed by atoms with van der Waals surface area (Å²) in [5.74, 6) is -1.59. The molecular formula is C37H59NO7. The molecule has 3 N–H and O–H groups in total. The fourth-order valence-electron chi connectivity index (χ4n) is 7.64. The largest absolute Gasteiger partial charge is 0.461 e. The van der Waals surface area contributed by atoms with Gasteiger partial charge in [0.15, 0.2) is 5.79 Å². The van der Waals surface area contributed by atoms with Crippen LogP contribution < -0.4 is 0 Å². The van der Waals surface area contributed by atoms with Crippen LogP contribution in [0, 0.1) is 23.7 Å². The summed E-state index contributed by atoms with van der Waals surface area (Å²) in [6.45, 7) is 8.58. The minimum Gasteiger partial charge on any atom is -0.461 e. The fraction of sp³-hybridized carbons (Fsp3) is 0.784. The molecule has 1 aliphatic carbocycles. The first-order valence-corrected chi connectivity index (χ1v) is 17.7. The highest BCUT2D eigenvalue weighted by Crippen LogP contribution is 2.38. The lowest BCUT2D eigenvalue weighted by Gasteiger charge is -2.44. The smallest absolute Gasteiger partial charge is 0.329 e. The number of cyclic esters (lactones) is 1. The van der Waals surface area contributed by atoms with E-state index in [4.69, 9.17) is 9.47 Å². The molecule has 4 rings (SSSR count). The molecule has 3 aliphatic heterocycles. The van der Waals surface area contributed by atoms with Crippen LogP contribution in [-0.4, -0.2) is 74.9 Å². The van der Waals surface area contributed by atoms with Gasteiger partial charge in [-0.25, -0.2) is 4.79 Å². The number of amides is 1. The third-order valence-electron chi connectivity index (χ3n) is 10.9. The zero-order valence-corrected chi connectivity index (χ0v) is 28.1. The van der Waals surface area contributed by atoms with E-state index in [-0.39, 0.29) is 54.4 Å². The second-order valence-electron chi connectivity index (χ2n) is 14.7. The number of ether oxygens (including phenoxy) is 2. The highest BCUT2D eigenvalue weighted by atomic mass is 16.6. The van der Waals surface area contributed by atoms with E-state index < -0.39 is 17.9 Å². The minimum absolute atomic E-state index is 0.160. The Kier molecular flexibility index (Phi) is 13.3. The van der Waals surface area contributed by atoms with Gasteiger partial charge in [-0.3, -0.25) is 4.79 Å². The van der Waals surface area contributed by atoms with Crippen molar-refractivity contribution in [2.24, 2.45) is 23.7 Å². The number of carbonyl (C=O) groups excluding carboxylic acids is 2. The van der Waals surface area contributed by atoms with Crippen LogP contribution in [0.25, 0.3) is 0 Å². The van der Waals surface area contributed by atoms with Crippen molar-refractivity contribution in [2.75, 3.05) is 6.54 Å². The predicted octanol–water partition coefficient (Wildman–Crippen LogP) is 5.99. The summed E-state index contributed by atoms with van der Waals surface area (Å²) in [5, 5.41) is 32.5. The molecule has 2 bridgehead atoms. The highest BCUT2D eigenvalue weighted by Gasteiger charge is 2.46. The third kappa shape index (κ3) is 10.2. The van der Waals surface area contributed by atoms with Gasteiger partial charge in [0.25, 0.3) is 0 Å². The number of fused-ring (bicyclic) bond motifs is 3. The Bertz CT molecular complexity index is 1060. The van der Waals surface area contributed by atoms with Gasteiger partial charge in [-0.15, -0.1) is 0 Å². The topological polar surface area (TPSA) is 117 Å². The highest BCUT2D eigenvalue weighted by molar-refractivity contribution is 5.85. The molecule has 0 aromatic rings. The Balaban J connectivity index is 1.57. The van der Waals surface area contributed by atoms with Crippen LogP contribution in [0.3, 0.4) is 0 Å². The number of aliphatic hydroxyl groups excluding tert-OH is 2. The van der Waals surface area contributed by atoms with E-state index in [0.717, 1.165) is 63.4 Å². The quantitative estimate of drug-likeness (QED) is 0.329. The van der Waals surface area contributed by atoms with Crippen LogP contribution >= 0.6 is 0 Å². The molecule has 8 atom stereocenters. The van der Waals surface area contributed by atoms with Crippen molar-refractivity contribution in [1.29, 1.82) is 0 Å². The number of carbonyl (C=O) groups is 2. The molecule has 254 valence electrons. The number of nitrogens with zero attached hydrogens (tertiary/aromatic N) is 1. The molecule has 0 spiro atoms. The van der Waals surface area contributed by atoms with E-state index in [1.165, 1.54) is 0 Å². The normalized spacial score (nSPS) is 41.4. The van der Waals surface area contributed by atoms with Crippen LogP contribution in [0.2, 0.25) is 0 Å². The van der Waals surface area contributed by atoms with Crippen molar-refractivity contribution in [3.05, 3.63) is 36.0 Å². The van der Waals surface area contributed by atoms with E-state index in [0.29, 0.717) is 38.1 Å². The van der Waals surface area contributed by atoms with E-state index in [1.807, 2.05) is 38.2 Å². The van der Waals surface area contributed by atoms with Gasteiger partial charge in [-0.05, 0) is 107 Å². The Morgan fingerprint density at radius 2 is 1.71 bits per heavy atom. The van der Waals surface area contributed by atoms with Crippen LogP contribution in [0.1, 0.15) is 118 Å². The van der Waals surface area contributed by atoms with Crippen molar-refractivity contribution in [1.82, 2.24) is 4.90 Å². The summed E-state index contributed by atoms with van der Waals surface area (Å²) >= 11 is 0. The molecule has 8 nitrogen and oxygen atoms in total. The first-order chi connectivity index (χ1) is 21.4. The Morgan fingerprint density at radius 3 is 2.47 bits per heavy atom. The molecule has 0 aromatic carbocycles. The molecule has 1 unspecified atom stereocenters. The van der Waals surface area contributed by atoms with E-state index in [1.54, 1.807) is 4.90 Å². The zero-order chi connectivity index (χ0) is 32.6. The van der Waals surface area contributed by atoms with Gasteiger partial charge >= 0.3 is 5.97 Å². The van der Waals surface area contributed by atoms with Crippen molar-refractivity contribution in [2.45, 2.75) is 154 Å². The van der Waals surface area contributed by atoms with Gasteiger partial charge in [0.2, 0.25) is 5.91 Å². The van der Waals surface area contributed by atoms with Crippen molar-refractivity contribution in [3.63, 3.8) is 0 Å². The number of piperidine rings is 1. The summed E-state index contributed by atoms with van der Waals surface area (Å²) in [7, 11) is 0. The second-order valence-corrected chi connectivity index (χ2v) is 14.7. The Hall–Kier alpha value is -2.00. The number of esters is 1. The minimum atomic E-state index is -1.66. The Morgan fingerprint density at radius 1 is 0.956 bits per heavy atom. The second kappa shape index (κ2) is 16.7. The summed E-state index contributed by atoms with van der Waals surface area (Å²) < 4.78 is 12.5. The van der Waals surface area contributed by atoms with Crippen LogP contribution in [0.15, 0.2) is 36.0 Å². The Labute approximate surface area is 270 Å². The van der Waals surface area contributed by atoms with Crippen LogP contribution in [-0.2, 0) is 19.1 Å². The summed E-state index contributed by atoms with van der Waals surface area (Å²) in [6, 6.07) is -0.671. The average Bonchev–Trinajstić information content (AvgIpc) is 3.01. The maximum absolute atomic E-state index is 13.9. The molecular weight excluding hydrogens is 570 g/mol. The average molecular weight is 630 g/mol. The lowest BCUT2D eigenvalue weighted by atomic mass is 9.80. The predicted molar refractivity (Wildman–Crippen MR) is 175 cm³/mol. The van der Waals surface area contributed by atoms with Crippen molar-refractivity contribution in [3.8, 4) is 0 Å². The van der Waals surface area contributed by atoms with Gasteiger partial charge in [-0.2, -0.15) is 0 Å².